The number of amides is 2. The lowest BCUT2D eigenvalue weighted by Gasteiger charge is -2.32. The van der Waals surface area contributed by atoms with Gasteiger partial charge in [0.15, 0.2) is 5.79 Å². The van der Waals surface area contributed by atoms with Crippen LogP contribution in [0.2, 0.25) is 0 Å². The normalized spacial score (nSPS) is 22.5. The van der Waals surface area contributed by atoms with Crippen LogP contribution in [-0.2, 0) is 9.47 Å². The summed E-state index contributed by atoms with van der Waals surface area (Å²) in [6.07, 6.45) is 4.53. The Bertz CT molecular complexity index is 520. The molecule has 134 valence electrons. The van der Waals surface area contributed by atoms with Gasteiger partial charge in [0, 0.05) is 43.9 Å². The van der Waals surface area contributed by atoms with E-state index in [9.17, 15) is 4.79 Å². The molecule has 0 radical (unpaired) electrons. The highest BCUT2D eigenvalue weighted by molar-refractivity contribution is 5.74. The Hall–Kier alpha value is -1.60. The van der Waals surface area contributed by atoms with Crippen LogP contribution in [0.4, 0.5) is 4.79 Å². The van der Waals surface area contributed by atoms with Gasteiger partial charge in [0.1, 0.15) is 0 Å². The number of hydrogen-bond acceptors (Lipinski definition) is 4. The molecule has 2 amide bonds. The molecule has 2 saturated heterocycles. The van der Waals surface area contributed by atoms with Crippen molar-refractivity contribution >= 4 is 6.03 Å². The molecule has 2 aliphatic rings. The van der Waals surface area contributed by atoms with E-state index in [-0.39, 0.29) is 6.03 Å². The van der Waals surface area contributed by atoms with Gasteiger partial charge in [-0.3, -0.25) is 5.10 Å². The van der Waals surface area contributed by atoms with Gasteiger partial charge < -0.3 is 19.7 Å². The van der Waals surface area contributed by atoms with Crippen molar-refractivity contribution < 1.29 is 14.3 Å². The average Bonchev–Trinajstić information content (AvgIpc) is 3.25. The Morgan fingerprint density at radius 2 is 2.17 bits per heavy atom. The summed E-state index contributed by atoms with van der Waals surface area (Å²) >= 11 is 0. The summed E-state index contributed by atoms with van der Waals surface area (Å²) in [7, 11) is 0. The van der Waals surface area contributed by atoms with Crippen molar-refractivity contribution in [1.82, 2.24) is 20.4 Å². The van der Waals surface area contributed by atoms with Gasteiger partial charge in [0.05, 0.1) is 13.2 Å². The molecule has 3 heterocycles. The van der Waals surface area contributed by atoms with E-state index in [2.05, 4.69) is 22.4 Å². The van der Waals surface area contributed by atoms with Crippen molar-refractivity contribution in [2.45, 2.75) is 44.8 Å². The predicted octanol–water partition coefficient (Wildman–Crippen LogP) is 2.09. The van der Waals surface area contributed by atoms with E-state index < -0.39 is 5.79 Å². The van der Waals surface area contributed by atoms with Crippen LogP contribution in [0.3, 0.4) is 0 Å². The molecule has 1 atom stereocenters. The lowest BCUT2D eigenvalue weighted by atomic mass is 9.94. The molecule has 1 aromatic rings. The number of carbonyl (C=O) groups is 1. The predicted molar refractivity (Wildman–Crippen MR) is 89.6 cm³/mol. The van der Waals surface area contributed by atoms with Crippen LogP contribution in [-0.4, -0.2) is 59.8 Å². The molecule has 0 saturated carbocycles. The first-order valence-electron chi connectivity index (χ1n) is 8.86. The number of piperidine rings is 1. The van der Waals surface area contributed by atoms with Gasteiger partial charge in [-0.2, -0.15) is 5.10 Å². The second-order valence-corrected chi connectivity index (χ2v) is 7.10. The second kappa shape index (κ2) is 7.53. The standard InChI is InChI=1S/C17H28N4O3/c1-13(11-17(2)23-9-10-24-17)12-18-16(22)21-7-4-14(5-8-21)15-3-6-19-20-15/h3,6,13-14H,4-5,7-12H2,1-2H3,(H,18,22)(H,19,20)/t13-/m0/s1. The van der Waals surface area contributed by atoms with E-state index in [1.807, 2.05) is 17.9 Å². The summed E-state index contributed by atoms with van der Waals surface area (Å²) in [5, 5.41) is 10.1. The van der Waals surface area contributed by atoms with Gasteiger partial charge >= 0.3 is 6.03 Å². The molecule has 0 aliphatic carbocycles. The molecular formula is C17H28N4O3. The highest BCUT2D eigenvalue weighted by atomic mass is 16.7. The van der Waals surface area contributed by atoms with Crippen LogP contribution in [0.15, 0.2) is 12.3 Å². The zero-order valence-electron chi connectivity index (χ0n) is 14.6. The van der Waals surface area contributed by atoms with Crippen LogP contribution in [0.25, 0.3) is 0 Å². The summed E-state index contributed by atoms with van der Waals surface area (Å²) in [5.74, 6) is 0.290. The number of nitrogens with one attached hydrogen (secondary N) is 2. The number of ether oxygens (including phenoxy) is 2. The maximum absolute atomic E-state index is 12.3. The highest BCUT2D eigenvalue weighted by Gasteiger charge is 2.33. The van der Waals surface area contributed by atoms with Crippen LogP contribution in [0, 0.1) is 5.92 Å². The number of likely N-dealkylation sites (tertiary alicyclic amines) is 1. The topological polar surface area (TPSA) is 79.5 Å². The lowest BCUT2D eigenvalue weighted by molar-refractivity contribution is -0.153. The molecule has 24 heavy (non-hydrogen) atoms. The minimum absolute atomic E-state index is 0.0309. The molecule has 7 heteroatoms. The molecule has 0 bridgehead atoms. The van der Waals surface area contributed by atoms with Crippen molar-refractivity contribution in [3.05, 3.63) is 18.0 Å². The van der Waals surface area contributed by atoms with Crippen molar-refractivity contribution in [3.63, 3.8) is 0 Å². The Morgan fingerprint density at radius 3 is 2.79 bits per heavy atom. The average molecular weight is 336 g/mol. The fraction of sp³-hybridized carbons (Fsp3) is 0.765. The number of urea groups is 1. The van der Waals surface area contributed by atoms with E-state index in [0.717, 1.165) is 32.4 Å². The Morgan fingerprint density at radius 1 is 1.46 bits per heavy atom. The van der Waals surface area contributed by atoms with Crippen molar-refractivity contribution in [2.24, 2.45) is 5.92 Å². The first-order valence-corrected chi connectivity index (χ1v) is 8.86. The lowest BCUT2D eigenvalue weighted by Crippen LogP contribution is -2.45. The Labute approximate surface area is 143 Å². The molecule has 0 unspecified atom stereocenters. The number of aromatic amines is 1. The van der Waals surface area contributed by atoms with Gasteiger partial charge in [0.2, 0.25) is 0 Å². The maximum Gasteiger partial charge on any atom is 0.317 e. The molecule has 0 spiro atoms. The molecule has 1 aromatic heterocycles. The van der Waals surface area contributed by atoms with Crippen LogP contribution in [0.1, 0.15) is 44.7 Å². The van der Waals surface area contributed by atoms with Crippen LogP contribution < -0.4 is 5.32 Å². The zero-order chi connectivity index (χ0) is 17.0. The first-order chi connectivity index (χ1) is 11.6. The number of H-pyrrole nitrogens is 1. The summed E-state index contributed by atoms with van der Waals surface area (Å²) in [4.78, 5) is 14.3. The van der Waals surface area contributed by atoms with Gasteiger partial charge in [-0.15, -0.1) is 0 Å². The van der Waals surface area contributed by atoms with E-state index >= 15 is 0 Å². The fourth-order valence-corrected chi connectivity index (χ4v) is 3.64. The zero-order valence-corrected chi connectivity index (χ0v) is 14.6. The minimum Gasteiger partial charge on any atom is -0.348 e. The van der Waals surface area contributed by atoms with Crippen LogP contribution in [0.5, 0.6) is 0 Å². The van der Waals surface area contributed by atoms with Gasteiger partial charge in [-0.1, -0.05) is 6.92 Å². The maximum atomic E-state index is 12.3. The van der Waals surface area contributed by atoms with Crippen molar-refractivity contribution in [3.8, 4) is 0 Å². The van der Waals surface area contributed by atoms with Gasteiger partial charge in [0.25, 0.3) is 0 Å². The quantitative estimate of drug-likeness (QED) is 0.863. The Kier molecular flexibility index (Phi) is 5.40. The molecule has 0 aromatic carbocycles. The van der Waals surface area contributed by atoms with Crippen molar-refractivity contribution in [1.29, 1.82) is 0 Å². The number of rotatable bonds is 5. The first kappa shape index (κ1) is 17.2. The number of aromatic nitrogens is 2. The van der Waals surface area contributed by atoms with E-state index in [1.54, 1.807) is 6.20 Å². The van der Waals surface area contributed by atoms with E-state index in [1.165, 1.54) is 5.69 Å². The van der Waals surface area contributed by atoms with Crippen LogP contribution >= 0.6 is 0 Å². The summed E-state index contributed by atoms with van der Waals surface area (Å²) in [6.45, 7) is 7.60. The van der Waals surface area contributed by atoms with Gasteiger partial charge in [-0.05, 0) is 31.7 Å². The third kappa shape index (κ3) is 4.27. The fourth-order valence-electron chi connectivity index (χ4n) is 3.64. The number of nitrogens with zero attached hydrogens (tertiary/aromatic N) is 2. The van der Waals surface area contributed by atoms with Crippen molar-refractivity contribution in [2.75, 3.05) is 32.8 Å². The third-order valence-electron chi connectivity index (χ3n) is 4.96. The van der Waals surface area contributed by atoms with E-state index in [4.69, 9.17) is 9.47 Å². The monoisotopic (exact) mass is 336 g/mol. The molecule has 2 aliphatic heterocycles. The number of hydrogen-bond donors (Lipinski definition) is 2. The second-order valence-electron chi connectivity index (χ2n) is 7.10. The smallest absolute Gasteiger partial charge is 0.317 e. The van der Waals surface area contributed by atoms with E-state index in [0.29, 0.717) is 31.6 Å². The molecule has 2 N–H and O–H groups in total. The third-order valence-corrected chi connectivity index (χ3v) is 4.96. The summed E-state index contributed by atoms with van der Waals surface area (Å²) in [6, 6.07) is 2.05. The summed E-state index contributed by atoms with van der Waals surface area (Å²) < 4.78 is 11.3. The van der Waals surface area contributed by atoms with Gasteiger partial charge in [-0.25, -0.2) is 4.79 Å². The molecule has 7 nitrogen and oxygen atoms in total. The largest absolute Gasteiger partial charge is 0.348 e. The highest BCUT2D eigenvalue weighted by Crippen LogP contribution is 2.27. The Balaban J connectivity index is 1.38. The summed E-state index contributed by atoms with van der Waals surface area (Å²) in [5.41, 5.74) is 1.17. The molecule has 2 fully saturated rings. The minimum atomic E-state index is -0.493. The SMILES string of the molecule is C[C@H](CNC(=O)N1CCC(c2ccn[nH]2)CC1)CC1(C)OCCO1. The number of carbonyl (C=O) groups excluding carboxylic acids is 1. The molecule has 3 rings (SSSR count). The molecular weight excluding hydrogens is 308 g/mol.